The molecule has 0 radical (unpaired) electrons. The van der Waals surface area contributed by atoms with E-state index in [1.54, 1.807) is 0 Å². The third-order valence-electron chi connectivity index (χ3n) is 4.68. The van der Waals surface area contributed by atoms with Gasteiger partial charge in [0.15, 0.2) is 0 Å². The predicted octanol–water partition coefficient (Wildman–Crippen LogP) is 5.75. The smallest absolute Gasteiger partial charge is 0.100 e. The summed E-state index contributed by atoms with van der Waals surface area (Å²) in [5.41, 5.74) is 0. The lowest BCUT2D eigenvalue weighted by atomic mass is 10.1. The van der Waals surface area contributed by atoms with E-state index >= 15 is 0 Å². The van der Waals surface area contributed by atoms with Gasteiger partial charge in [-0.1, -0.05) is 71.6 Å². The van der Waals surface area contributed by atoms with Crippen LogP contribution >= 0.6 is 0 Å². The molecule has 0 aliphatic carbocycles. The quantitative estimate of drug-likeness (QED) is 0.399. The van der Waals surface area contributed by atoms with Crippen LogP contribution in [-0.4, -0.2) is 29.6 Å². The molecule has 0 saturated heterocycles. The molecule has 0 amide bonds. The van der Waals surface area contributed by atoms with E-state index in [-0.39, 0.29) is 0 Å². The van der Waals surface area contributed by atoms with Crippen LogP contribution in [0.2, 0.25) is 0 Å². The summed E-state index contributed by atoms with van der Waals surface area (Å²) in [6.07, 6.45) is 21.8. The fraction of sp³-hybridized carbons (Fsp3) is 0.895. The minimum Gasteiger partial charge on any atom is -0.359 e. The zero-order chi connectivity index (χ0) is 15.3. The first-order chi connectivity index (χ1) is 10.3. The van der Waals surface area contributed by atoms with Gasteiger partial charge in [-0.2, -0.15) is 0 Å². The van der Waals surface area contributed by atoms with Gasteiger partial charge in [-0.05, 0) is 19.3 Å². The Morgan fingerprint density at radius 1 is 0.714 bits per heavy atom. The van der Waals surface area contributed by atoms with Gasteiger partial charge in [0, 0.05) is 26.0 Å². The minimum atomic E-state index is 0.627. The Hall–Kier alpha value is -0.660. The number of hydrogen-bond acceptors (Lipinski definition) is 2. The largest absolute Gasteiger partial charge is 0.359 e. The van der Waals surface area contributed by atoms with Gasteiger partial charge in [-0.25, -0.2) is 0 Å². The van der Waals surface area contributed by atoms with E-state index in [1.165, 1.54) is 83.6 Å². The second-order valence-electron chi connectivity index (χ2n) is 6.65. The molecule has 0 aromatic carbocycles. The highest BCUT2D eigenvalue weighted by Crippen LogP contribution is 2.21. The lowest BCUT2D eigenvalue weighted by Gasteiger charge is -2.30. The molecule has 0 aromatic heterocycles. The summed E-state index contributed by atoms with van der Waals surface area (Å²) in [5, 5.41) is 0. The summed E-state index contributed by atoms with van der Waals surface area (Å²) in [4.78, 5) is 4.97. The second kappa shape index (κ2) is 11.9. The molecule has 1 aliphatic heterocycles. The van der Waals surface area contributed by atoms with Crippen molar-refractivity contribution in [2.24, 2.45) is 0 Å². The topological polar surface area (TPSA) is 6.48 Å². The Morgan fingerprint density at radius 3 is 1.95 bits per heavy atom. The monoisotopic (exact) mass is 294 g/mol. The molecule has 0 aromatic rings. The normalized spacial score (nSPS) is 18.0. The Labute approximate surface area is 133 Å². The predicted molar refractivity (Wildman–Crippen MR) is 94.1 cm³/mol. The van der Waals surface area contributed by atoms with Crippen LogP contribution in [-0.2, 0) is 0 Å². The van der Waals surface area contributed by atoms with E-state index in [0.717, 1.165) is 0 Å². The Kier molecular flexibility index (Phi) is 10.5. The molecular weight excluding hydrogens is 256 g/mol. The van der Waals surface area contributed by atoms with Gasteiger partial charge in [0.1, 0.15) is 6.17 Å². The molecular formula is C19H38N2. The molecule has 1 aliphatic rings. The van der Waals surface area contributed by atoms with Crippen molar-refractivity contribution in [3.05, 3.63) is 12.4 Å². The lowest BCUT2D eigenvalue weighted by Crippen LogP contribution is -2.37. The first-order valence-electron chi connectivity index (χ1n) is 9.45. The van der Waals surface area contributed by atoms with Crippen LogP contribution in [0.4, 0.5) is 0 Å². The molecule has 1 unspecified atom stereocenters. The van der Waals surface area contributed by atoms with Gasteiger partial charge >= 0.3 is 0 Å². The zero-order valence-electron chi connectivity index (χ0n) is 14.8. The van der Waals surface area contributed by atoms with Crippen LogP contribution < -0.4 is 0 Å². The van der Waals surface area contributed by atoms with Crippen LogP contribution in [0.25, 0.3) is 0 Å². The van der Waals surface area contributed by atoms with E-state index in [2.05, 4.69) is 43.1 Å². The highest BCUT2D eigenvalue weighted by Gasteiger charge is 2.22. The average molecular weight is 295 g/mol. The van der Waals surface area contributed by atoms with Crippen molar-refractivity contribution in [1.82, 2.24) is 9.80 Å². The molecule has 124 valence electrons. The molecule has 1 rings (SSSR count). The first-order valence-corrected chi connectivity index (χ1v) is 9.45. The average Bonchev–Trinajstić information content (AvgIpc) is 2.83. The SMILES string of the molecule is CCCCCCCCN1C=CN(C)C1CCCCCCC. The van der Waals surface area contributed by atoms with Gasteiger partial charge in [0.05, 0.1) is 0 Å². The zero-order valence-corrected chi connectivity index (χ0v) is 14.8. The maximum Gasteiger partial charge on any atom is 0.100 e. The van der Waals surface area contributed by atoms with Gasteiger partial charge < -0.3 is 9.80 Å². The van der Waals surface area contributed by atoms with Gasteiger partial charge in [0.2, 0.25) is 0 Å². The van der Waals surface area contributed by atoms with Crippen molar-refractivity contribution in [2.45, 2.75) is 97.1 Å². The summed E-state index contributed by atoms with van der Waals surface area (Å²) in [7, 11) is 2.23. The van der Waals surface area contributed by atoms with Crippen LogP contribution in [0.3, 0.4) is 0 Å². The fourth-order valence-corrected chi connectivity index (χ4v) is 3.22. The van der Waals surface area contributed by atoms with Crippen molar-refractivity contribution in [2.75, 3.05) is 13.6 Å². The van der Waals surface area contributed by atoms with E-state index in [4.69, 9.17) is 0 Å². The molecule has 21 heavy (non-hydrogen) atoms. The number of unbranched alkanes of at least 4 members (excludes halogenated alkanes) is 9. The molecule has 1 heterocycles. The van der Waals surface area contributed by atoms with Gasteiger partial charge in [0.25, 0.3) is 0 Å². The second-order valence-corrected chi connectivity index (χ2v) is 6.65. The summed E-state index contributed by atoms with van der Waals surface area (Å²) in [5.74, 6) is 0. The molecule has 0 saturated carbocycles. The molecule has 1 atom stereocenters. The van der Waals surface area contributed by atoms with Crippen molar-refractivity contribution >= 4 is 0 Å². The number of hydrogen-bond donors (Lipinski definition) is 0. The summed E-state index contributed by atoms with van der Waals surface area (Å²) >= 11 is 0. The van der Waals surface area contributed by atoms with Gasteiger partial charge in [-0.3, -0.25) is 0 Å². The fourth-order valence-electron chi connectivity index (χ4n) is 3.22. The van der Waals surface area contributed by atoms with Crippen LogP contribution in [0.5, 0.6) is 0 Å². The molecule has 2 heteroatoms. The Balaban J connectivity index is 2.12. The highest BCUT2D eigenvalue weighted by atomic mass is 15.4. The molecule has 0 bridgehead atoms. The van der Waals surface area contributed by atoms with Gasteiger partial charge in [-0.15, -0.1) is 0 Å². The van der Waals surface area contributed by atoms with Crippen molar-refractivity contribution < 1.29 is 0 Å². The third kappa shape index (κ3) is 7.78. The highest BCUT2D eigenvalue weighted by molar-refractivity contribution is 4.95. The Morgan fingerprint density at radius 2 is 1.29 bits per heavy atom. The van der Waals surface area contributed by atoms with Crippen LogP contribution in [0.15, 0.2) is 12.4 Å². The summed E-state index contributed by atoms with van der Waals surface area (Å²) in [6.45, 7) is 5.82. The van der Waals surface area contributed by atoms with Crippen molar-refractivity contribution in [3.63, 3.8) is 0 Å². The van der Waals surface area contributed by atoms with E-state index in [0.29, 0.717) is 6.17 Å². The summed E-state index contributed by atoms with van der Waals surface area (Å²) in [6, 6.07) is 0. The molecule has 0 N–H and O–H groups in total. The molecule has 0 spiro atoms. The standard InChI is InChI=1S/C19H38N2/c1-4-6-8-10-12-14-16-21-18-17-20(3)19(21)15-13-11-9-7-5-2/h17-19H,4-16H2,1-3H3. The number of nitrogens with zero attached hydrogens (tertiary/aromatic N) is 2. The van der Waals surface area contributed by atoms with Crippen molar-refractivity contribution in [3.8, 4) is 0 Å². The van der Waals surface area contributed by atoms with E-state index in [9.17, 15) is 0 Å². The Bertz CT molecular complexity index is 262. The van der Waals surface area contributed by atoms with E-state index < -0.39 is 0 Å². The molecule has 0 fully saturated rings. The van der Waals surface area contributed by atoms with E-state index in [1.807, 2.05) is 0 Å². The maximum absolute atomic E-state index is 2.57. The minimum absolute atomic E-state index is 0.627. The van der Waals surface area contributed by atoms with Crippen molar-refractivity contribution in [1.29, 1.82) is 0 Å². The summed E-state index contributed by atoms with van der Waals surface area (Å²) < 4.78 is 0. The maximum atomic E-state index is 2.57. The number of rotatable bonds is 13. The van der Waals surface area contributed by atoms with Crippen LogP contribution in [0.1, 0.15) is 90.9 Å². The first kappa shape index (κ1) is 18.4. The third-order valence-corrected chi connectivity index (χ3v) is 4.68. The molecule has 2 nitrogen and oxygen atoms in total. The van der Waals surface area contributed by atoms with Crippen LogP contribution in [0, 0.1) is 0 Å². The lowest BCUT2D eigenvalue weighted by molar-refractivity contribution is 0.159.